The van der Waals surface area contributed by atoms with Crippen LogP contribution in [0.25, 0.3) is 11.3 Å². The van der Waals surface area contributed by atoms with Gasteiger partial charge in [-0.05, 0) is 31.4 Å². The van der Waals surface area contributed by atoms with Crippen LogP contribution in [-0.4, -0.2) is 23.1 Å². The average Bonchev–Trinajstić information content (AvgIpc) is 2.64. The van der Waals surface area contributed by atoms with E-state index < -0.39 is 11.7 Å². The number of rotatable bonds is 7. The highest BCUT2D eigenvalue weighted by molar-refractivity contribution is 6.33. The Labute approximate surface area is 162 Å². The molecule has 0 spiro atoms. The van der Waals surface area contributed by atoms with Gasteiger partial charge in [-0.15, -0.1) is 0 Å². The first-order valence-corrected chi connectivity index (χ1v) is 9.21. The van der Waals surface area contributed by atoms with Gasteiger partial charge in [-0.25, -0.2) is 9.97 Å². The largest absolute Gasteiger partial charge is 0.478 e. The summed E-state index contributed by atoms with van der Waals surface area (Å²) in [5.74, 6) is 0.805. The minimum Gasteiger partial charge on any atom is -0.478 e. The molecule has 2 rings (SSSR count). The van der Waals surface area contributed by atoms with Gasteiger partial charge in [0.1, 0.15) is 0 Å². The minimum atomic E-state index is -4.46. The minimum absolute atomic E-state index is 0.0309. The Morgan fingerprint density at radius 2 is 1.81 bits per heavy atom. The topological polar surface area (TPSA) is 47.0 Å². The summed E-state index contributed by atoms with van der Waals surface area (Å²) in [5, 5.41) is 3.28. The third kappa shape index (κ3) is 4.83. The monoisotopic (exact) mass is 401 g/mol. The number of nitrogens with one attached hydrogen (secondary N) is 1. The molecule has 0 amide bonds. The Balaban J connectivity index is 2.54. The maximum atomic E-state index is 12.9. The molecule has 1 heterocycles. The molecule has 0 aliphatic rings. The van der Waals surface area contributed by atoms with Crippen LogP contribution >= 0.6 is 11.6 Å². The Morgan fingerprint density at radius 3 is 2.30 bits per heavy atom. The molecular formula is C19H23ClF3N3O. The first-order chi connectivity index (χ1) is 12.7. The molecule has 0 saturated heterocycles. The van der Waals surface area contributed by atoms with Crippen LogP contribution in [0.2, 0.25) is 5.02 Å². The first kappa shape index (κ1) is 21.3. The smallest absolute Gasteiger partial charge is 0.416 e. The Hall–Kier alpha value is -2.02. The lowest BCUT2D eigenvalue weighted by molar-refractivity contribution is -0.137. The summed E-state index contributed by atoms with van der Waals surface area (Å²) in [7, 11) is 1.48. The average molecular weight is 402 g/mol. The van der Waals surface area contributed by atoms with E-state index in [9.17, 15) is 13.2 Å². The number of alkyl halides is 3. The normalized spacial score (nSPS) is 11.7. The van der Waals surface area contributed by atoms with Crippen LogP contribution < -0.4 is 10.1 Å². The molecule has 0 aliphatic heterocycles. The van der Waals surface area contributed by atoms with Gasteiger partial charge in [-0.1, -0.05) is 38.4 Å². The van der Waals surface area contributed by atoms with Crippen LogP contribution in [0.3, 0.4) is 0 Å². The third-order valence-electron chi connectivity index (χ3n) is 4.34. The molecule has 0 radical (unpaired) electrons. The van der Waals surface area contributed by atoms with E-state index in [0.29, 0.717) is 29.2 Å². The van der Waals surface area contributed by atoms with Crippen LogP contribution in [-0.2, 0) is 12.6 Å². The van der Waals surface area contributed by atoms with Crippen molar-refractivity contribution in [2.75, 3.05) is 12.4 Å². The van der Waals surface area contributed by atoms with E-state index in [-0.39, 0.29) is 16.9 Å². The summed E-state index contributed by atoms with van der Waals surface area (Å²) in [4.78, 5) is 9.10. The van der Waals surface area contributed by atoms with Gasteiger partial charge in [0.15, 0.2) is 5.82 Å². The standard InChI is InChI=1S/C19H23ClF3N3O/c1-5-12(6-2)24-17-18(27-4)26-16(15(7-3)25-17)13-9-8-11(10-14(13)20)19(21,22)23/h8-10,12H,5-7H2,1-4H3,(H,24,25). The number of hydrogen-bond donors (Lipinski definition) is 1. The van der Waals surface area contributed by atoms with E-state index in [1.165, 1.54) is 13.2 Å². The fourth-order valence-electron chi connectivity index (χ4n) is 2.72. The molecule has 0 aliphatic carbocycles. The molecule has 27 heavy (non-hydrogen) atoms. The van der Waals surface area contributed by atoms with Gasteiger partial charge in [0, 0.05) is 11.6 Å². The highest BCUT2D eigenvalue weighted by Crippen LogP contribution is 2.37. The summed E-state index contributed by atoms with van der Waals surface area (Å²) < 4.78 is 44.0. The summed E-state index contributed by atoms with van der Waals surface area (Å²) in [5.41, 5.74) is 0.636. The van der Waals surface area contributed by atoms with Crippen LogP contribution in [0.4, 0.5) is 19.0 Å². The third-order valence-corrected chi connectivity index (χ3v) is 4.65. The Kier molecular flexibility index (Phi) is 6.92. The molecule has 1 aromatic carbocycles. The fourth-order valence-corrected chi connectivity index (χ4v) is 2.99. The number of aryl methyl sites for hydroxylation is 1. The number of aromatic nitrogens is 2. The highest BCUT2D eigenvalue weighted by atomic mass is 35.5. The lowest BCUT2D eigenvalue weighted by Gasteiger charge is -2.19. The van der Waals surface area contributed by atoms with Crippen molar-refractivity contribution in [3.8, 4) is 17.1 Å². The summed E-state index contributed by atoms with van der Waals surface area (Å²) in [6.07, 6.45) is -2.09. The summed E-state index contributed by atoms with van der Waals surface area (Å²) in [6, 6.07) is 3.44. The van der Waals surface area contributed by atoms with Crippen molar-refractivity contribution in [3.63, 3.8) is 0 Å². The summed E-state index contributed by atoms with van der Waals surface area (Å²) >= 11 is 6.14. The number of anilines is 1. The molecule has 0 bridgehead atoms. The number of benzene rings is 1. The predicted octanol–water partition coefficient (Wildman–Crippen LogP) is 5.99. The zero-order valence-corrected chi connectivity index (χ0v) is 16.5. The Bertz CT molecular complexity index is 792. The van der Waals surface area contributed by atoms with Crippen molar-refractivity contribution in [2.45, 2.75) is 52.3 Å². The van der Waals surface area contributed by atoms with E-state index in [0.717, 1.165) is 25.0 Å². The van der Waals surface area contributed by atoms with E-state index in [1.807, 2.05) is 6.92 Å². The molecule has 0 fully saturated rings. The molecule has 2 aromatic rings. The maximum Gasteiger partial charge on any atom is 0.416 e. The second kappa shape index (κ2) is 8.78. The zero-order valence-electron chi connectivity index (χ0n) is 15.7. The second-order valence-corrected chi connectivity index (χ2v) is 6.49. The van der Waals surface area contributed by atoms with Crippen LogP contribution in [0, 0.1) is 0 Å². The van der Waals surface area contributed by atoms with Crippen LogP contribution in [0.15, 0.2) is 18.2 Å². The summed E-state index contributed by atoms with van der Waals surface area (Å²) in [6.45, 7) is 6.04. The van der Waals surface area contributed by atoms with Gasteiger partial charge in [0.2, 0.25) is 0 Å². The Morgan fingerprint density at radius 1 is 1.15 bits per heavy atom. The number of methoxy groups -OCH3 is 1. The number of hydrogen-bond acceptors (Lipinski definition) is 4. The van der Waals surface area contributed by atoms with E-state index in [4.69, 9.17) is 16.3 Å². The fraction of sp³-hybridized carbons (Fsp3) is 0.474. The lowest BCUT2D eigenvalue weighted by Crippen LogP contribution is -2.19. The van der Waals surface area contributed by atoms with E-state index in [1.54, 1.807) is 0 Å². The molecule has 0 atom stereocenters. The number of halogens is 4. The van der Waals surface area contributed by atoms with Crippen molar-refractivity contribution in [1.29, 1.82) is 0 Å². The molecule has 0 unspecified atom stereocenters. The molecule has 1 aromatic heterocycles. The quantitative estimate of drug-likeness (QED) is 0.619. The first-order valence-electron chi connectivity index (χ1n) is 8.83. The SMILES string of the molecule is CCc1nc(NC(CC)CC)c(OC)nc1-c1ccc(C(F)(F)F)cc1Cl. The van der Waals surface area contributed by atoms with Gasteiger partial charge >= 0.3 is 6.18 Å². The molecule has 8 heteroatoms. The molecule has 0 saturated carbocycles. The van der Waals surface area contributed by atoms with Gasteiger partial charge < -0.3 is 10.1 Å². The van der Waals surface area contributed by atoms with Crippen molar-refractivity contribution in [1.82, 2.24) is 9.97 Å². The number of nitrogens with zero attached hydrogens (tertiary/aromatic N) is 2. The highest BCUT2D eigenvalue weighted by Gasteiger charge is 2.31. The van der Waals surface area contributed by atoms with Crippen molar-refractivity contribution < 1.29 is 17.9 Å². The maximum absolute atomic E-state index is 12.9. The van der Waals surface area contributed by atoms with Gasteiger partial charge in [0.25, 0.3) is 5.88 Å². The lowest BCUT2D eigenvalue weighted by atomic mass is 10.1. The second-order valence-electron chi connectivity index (χ2n) is 6.08. The van der Waals surface area contributed by atoms with Crippen LogP contribution in [0.5, 0.6) is 5.88 Å². The van der Waals surface area contributed by atoms with Crippen molar-refractivity contribution >= 4 is 17.4 Å². The van der Waals surface area contributed by atoms with Gasteiger partial charge in [-0.2, -0.15) is 13.2 Å². The van der Waals surface area contributed by atoms with Gasteiger partial charge in [0.05, 0.1) is 29.1 Å². The van der Waals surface area contributed by atoms with E-state index in [2.05, 4.69) is 29.1 Å². The predicted molar refractivity (Wildman–Crippen MR) is 101 cm³/mol. The molecule has 1 N–H and O–H groups in total. The molecule has 148 valence electrons. The van der Waals surface area contributed by atoms with Gasteiger partial charge in [-0.3, -0.25) is 0 Å². The van der Waals surface area contributed by atoms with Crippen molar-refractivity contribution in [3.05, 3.63) is 34.5 Å². The van der Waals surface area contributed by atoms with Crippen LogP contribution in [0.1, 0.15) is 44.9 Å². The molecular weight excluding hydrogens is 379 g/mol. The van der Waals surface area contributed by atoms with Crippen molar-refractivity contribution in [2.24, 2.45) is 0 Å². The molecule has 4 nitrogen and oxygen atoms in total. The zero-order chi connectivity index (χ0) is 20.2. The van der Waals surface area contributed by atoms with E-state index >= 15 is 0 Å². The number of ether oxygens (including phenoxy) is 1.